The van der Waals surface area contributed by atoms with Gasteiger partial charge in [0.05, 0.1) is 19.3 Å². The summed E-state index contributed by atoms with van der Waals surface area (Å²) in [7, 11) is 0. The van der Waals surface area contributed by atoms with E-state index in [9.17, 15) is 0 Å². The number of morpholine rings is 1. The van der Waals surface area contributed by atoms with Crippen LogP contribution in [0, 0.1) is 0 Å². The predicted molar refractivity (Wildman–Crippen MR) is 58.5 cm³/mol. The molecule has 2 rings (SSSR count). The lowest BCUT2D eigenvalue weighted by Gasteiger charge is -2.24. The van der Waals surface area contributed by atoms with E-state index in [1.807, 2.05) is 6.07 Å². The van der Waals surface area contributed by atoms with Gasteiger partial charge in [-0.2, -0.15) is 0 Å². The Kier molecular flexibility index (Phi) is 3.38. The number of hydrogen-bond donors (Lipinski definition) is 1. The fraction of sp³-hybridized carbons (Fsp3) is 0.444. The van der Waals surface area contributed by atoms with Crippen LogP contribution in [0.15, 0.2) is 16.7 Å². The highest BCUT2D eigenvalue weighted by molar-refractivity contribution is 9.10. The molecule has 2 heterocycles. The highest BCUT2D eigenvalue weighted by Crippen LogP contribution is 2.26. The summed E-state index contributed by atoms with van der Waals surface area (Å²) in [5.41, 5.74) is 1.10. The zero-order valence-electron chi connectivity index (χ0n) is 7.46. The Morgan fingerprint density at radius 1 is 1.64 bits per heavy atom. The Hall–Kier alpha value is -0.160. The van der Waals surface area contributed by atoms with Gasteiger partial charge >= 0.3 is 0 Å². The third kappa shape index (κ3) is 2.25. The molecule has 3 nitrogen and oxygen atoms in total. The van der Waals surface area contributed by atoms with Gasteiger partial charge in [-0.05, 0) is 27.6 Å². The van der Waals surface area contributed by atoms with Crippen molar-refractivity contribution in [3.8, 4) is 0 Å². The van der Waals surface area contributed by atoms with Crippen molar-refractivity contribution in [1.29, 1.82) is 0 Å². The zero-order valence-corrected chi connectivity index (χ0v) is 9.81. The van der Waals surface area contributed by atoms with Gasteiger partial charge in [0, 0.05) is 17.2 Å². The van der Waals surface area contributed by atoms with Crippen molar-refractivity contribution in [2.24, 2.45) is 0 Å². The van der Waals surface area contributed by atoms with Crippen LogP contribution in [0.2, 0.25) is 5.15 Å². The Labute approximate surface area is 95.9 Å². The molecule has 1 aliphatic heterocycles. The molecule has 0 radical (unpaired) electrons. The summed E-state index contributed by atoms with van der Waals surface area (Å²) in [6.07, 6.45) is 1.72. The summed E-state index contributed by atoms with van der Waals surface area (Å²) in [4.78, 5) is 3.98. The molecule has 1 aromatic heterocycles. The minimum atomic E-state index is 0.207. The van der Waals surface area contributed by atoms with Gasteiger partial charge in [0.1, 0.15) is 5.15 Å². The van der Waals surface area contributed by atoms with Gasteiger partial charge in [-0.25, -0.2) is 4.98 Å². The molecule has 0 unspecified atom stereocenters. The number of halogens is 2. The largest absolute Gasteiger partial charge is 0.378 e. The number of hydrogen-bond acceptors (Lipinski definition) is 3. The first-order valence-electron chi connectivity index (χ1n) is 4.39. The molecule has 1 N–H and O–H groups in total. The van der Waals surface area contributed by atoms with E-state index in [2.05, 4.69) is 26.2 Å². The maximum absolute atomic E-state index is 5.84. The molecule has 0 aromatic carbocycles. The predicted octanol–water partition coefficient (Wildman–Crippen LogP) is 2.16. The Morgan fingerprint density at radius 3 is 3.21 bits per heavy atom. The van der Waals surface area contributed by atoms with Crippen molar-refractivity contribution >= 4 is 27.5 Å². The summed E-state index contributed by atoms with van der Waals surface area (Å²) in [5, 5.41) is 3.87. The standard InChI is InChI=1S/C9H10BrClN2O/c10-7-4-13-9(11)3-6(7)8-5-14-2-1-12-8/h3-4,8,12H,1-2,5H2/t8-/m0/s1. The fourth-order valence-electron chi connectivity index (χ4n) is 1.46. The van der Waals surface area contributed by atoms with E-state index in [0.29, 0.717) is 11.8 Å². The van der Waals surface area contributed by atoms with Gasteiger partial charge in [-0.15, -0.1) is 0 Å². The van der Waals surface area contributed by atoms with E-state index in [1.54, 1.807) is 6.20 Å². The van der Waals surface area contributed by atoms with E-state index in [0.717, 1.165) is 23.2 Å². The van der Waals surface area contributed by atoms with Crippen LogP contribution in [0.1, 0.15) is 11.6 Å². The van der Waals surface area contributed by atoms with Crippen LogP contribution in [-0.4, -0.2) is 24.7 Å². The molecule has 1 atom stereocenters. The van der Waals surface area contributed by atoms with Crippen LogP contribution in [0.5, 0.6) is 0 Å². The SMILES string of the molecule is Clc1cc([C@@H]2COCCN2)c(Br)cn1. The molecular formula is C9H10BrClN2O. The minimum absolute atomic E-state index is 0.207. The molecule has 0 aliphatic carbocycles. The van der Waals surface area contributed by atoms with Crippen molar-refractivity contribution in [2.75, 3.05) is 19.8 Å². The van der Waals surface area contributed by atoms with Gasteiger partial charge in [0.25, 0.3) is 0 Å². The minimum Gasteiger partial charge on any atom is -0.378 e. The lowest BCUT2D eigenvalue weighted by molar-refractivity contribution is 0.0766. The maximum atomic E-state index is 5.84. The lowest BCUT2D eigenvalue weighted by atomic mass is 10.1. The Bertz CT molecular complexity index is 329. The number of rotatable bonds is 1. The lowest BCUT2D eigenvalue weighted by Crippen LogP contribution is -2.34. The maximum Gasteiger partial charge on any atom is 0.129 e. The van der Waals surface area contributed by atoms with Crippen LogP contribution in [0.3, 0.4) is 0 Å². The van der Waals surface area contributed by atoms with Crippen LogP contribution >= 0.6 is 27.5 Å². The van der Waals surface area contributed by atoms with E-state index in [1.165, 1.54) is 0 Å². The van der Waals surface area contributed by atoms with Crippen LogP contribution in [0.4, 0.5) is 0 Å². The van der Waals surface area contributed by atoms with Crippen LogP contribution in [0.25, 0.3) is 0 Å². The van der Waals surface area contributed by atoms with E-state index >= 15 is 0 Å². The summed E-state index contributed by atoms with van der Waals surface area (Å²) in [6.45, 7) is 2.32. The van der Waals surface area contributed by atoms with Crippen LogP contribution in [-0.2, 0) is 4.74 Å². The molecule has 5 heteroatoms. The van der Waals surface area contributed by atoms with E-state index < -0.39 is 0 Å². The van der Waals surface area contributed by atoms with Crippen molar-refractivity contribution < 1.29 is 4.74 Å². The molecule has 14 heavy (non-hydrogen) atoms. The molecule has 1 saturated heterocycles. The van der Waals surface area contributed by atoms with Gasteiger partial charge in [-0.1, -0.05) is 11.6 Å². The normalized spacial score (nSPS) is 22.3. The van der Waals surface area contributed by atoms with Crippen molar-refractivity contribution in [3.63, 3.8) is 0 Å². The summed E-state index contributed by atoms with van der Waals surface area (Å²) in [6, 6.07) is 2.07. The highest BCUT2D eigenvalue weighted by Gasteiger charge is 2.18. The number of nitrogens with zero attached hydrogens (tertiary/aromatic N) is 1. The Balaban J connectivity index is 2.24. The molecule has 76 valence electrons. The monoisotopic (exact) mass is 276 g/mol. The number of nitrogens with one attached hydrogen (secondary N) is 1. The first kappa shape index (κ1) is 10.4. The quantitative estimate of drug-likeness (QED) is 0.799. The average molecular weight is 278 g/mol. The summed E-state index contributed by atoms with van der Waals surface area (Å²) < 4.78 is 6.35. The van der Waals surface area contributed by atoms with Gasteiger partial charge in [-0.3, -0.25) is 0 Å². The van der Waals surface area contributed by atoms with E-state index in [-0.39, 0.29) is 6.04 Å². The second kappa shape index (κ2) is 4.57. The molecular weight excluding hydrogens is 267 g/mol. The first-order valence-corrected chi connectivity index (χ1v) is 5.56. The molecule has 0 saturated carbocycles. The molecule has 1 aromatic rings. The van der Waals surface area contributed by atoms with Gasteiger partial charge < -0.3 is 10.1 Å². The summed E-state index contributed by atoms with van der Waals surface area (Å²) in [5.74, 6) is 0. The number of pyridine rings is 1. The topological polar surface area (TPSA) is 34.1 Å². The molecule has 0 spiro atoms. The average Bonchev–Trinajstić information content (AvgIpc) is 2.23. The smallest absolute Gasteiger partial charge is 0.129 e. The molecule has 1 fully saturated rings. The Morgan fingerprint density at radius 2 is 2.50 bits per heavy atom. The molecule has 1 aliphatic rings. The molecule has 0 amide bonds. The first-order chi connectivity index (χ1) is 6.77. The fourth-order valence-corrected chi connectivity index (χ4v) is 2.12. The van der Waals surface area contributed by atoms with Crippen molar-refractivity contribution in [1.82, 2.24) is 10.3 Å². The zero-order chi connectivity index (χ0) is 9.97. The van der Waals surface area contributed by atoms with Crippen molar-refractivity contribution in [3.05, 3.63) is 27.5 Å². The third-order valence-electron chi connectivity index (χ3n) is 2.15. The highest BCUT2D eigenvalue weighted by atomic mass is 79.9. The van der Waals surface area contributed by atoms with Gasteiger partial charge in [0.2, 0.25) is 0 Å². The van der Waals surface area contributed by atoms with Gasteiger partial charge in [0.15, 0.2) is 0 Å². The summed E-state index contributed by atoms with van der Waals surface area (Å²) >= 11 is 9.28. The number of ether oxygens (including phenoxy) is 1. The second-order valence-corrected chi connectivity index (χ2v) is 4.35. The molecule has 0 bridgehead atoms. The van der Waals surface area contributed by atoms with Crippen molar-refractivity contribution in [2.45, 2.75) is 6.04 Å². The van der Waals surface area contributed by atoms with Crippen LogP contribution < -0.4 is 5.32 Å². The number of aromatic nitrogens is 1. The second-order valence-electron chi connectivity index (χ2n) is 3.11. The van der Waals surface area contributed by atoms with E-state index in [4.69, 9.17) is 16.3 Å². The third-order valence-corrected chi connectivity index (χ3v) is 3.02.